The third-order valence-corrected chi connectivity index (χ3v) is 5.07. The first-order valence-corrected chi connectivity index (χ1v) is 8.65. The third kappa shape index (κ3) is 3.06. The zero-order valence-corrected chi connectivity index (χ0v) is 14.6. The van der Waals surface area contributed by atoms with E-state index in [0.717, 1.165) is 0 Å². The van der Waals surface area contributed by atoms with Gasteiger partial charge >= 0.3 is 0 Å². The standard InChI is InChI=1S/C17H17ClFN5O2/c18-14-12-8-11(19)2-3-13(12)21-15(14)16(25)23-6-1-4-17(26,9-23)10-24-7-5-20-22-24/h2-3,5,7-8,21,26H,1,4,6,9-10H2. The summed E-state index contributed by atoms with van der Waals surface area (Å²) in [5.74, 6) is -0.735. The molecule has 1 amide bonds. The summed E-state index contributed by atoms with van der Waals surface area (Å²) in [6.45, 7) is 0.923. The maximum absolute atomic E-state index is 13.4. The van der Waals surface area contributed by atoms with Crippen LogP contribution in [0.2, 0.25) is 5.02 Å². The lowest BCUT2D eigenvalue weighted by atomic mass is 9.92. The summed E-state index contributed by atoms with van der Waals surface area (Å²) in [5.41, 5.74) is -0.293. The Morgan fingerprint density at radius 2 is 2.31 bits per heavy atom. The molecule has 1 aliphatic rings. The molecular formula is C17H17ClFN5O2. The molecule has 0 spiro atoms. The highest BCUT2D eigenvalue weighted by Gasteiger charge is 2.37. The Hall–Kier alpha value is -2.45. The molecule has 1 fully saturated rings. The fourth-order valence-electron chi connectivity index (χ4n) is 3.47. The SMILES string of the molecule is O=C(c1[nH]c2ccc(F)cc2c1Cl)N1CCCC(O)(Cn2ccnn2)C1. The molecule has 0 radical (unpaired) electrons. The highest BCUT2D eigenvalue weighted by atomic mass is 35.5. The van der Waals surface area contributed by atoms with Crippen LogP contribution in [0.4, 0.5) is 4.39 Å². The molecule has 7 nitrogen and oxygen atoms in total. The van der Waals surface area contributed by atoms with E-state index >= 15 is 0 Å². The van der Waals surface area contributed by atoms with Gasteiger partial charge in [-0.2, -0.15) is 0 Å². The van der Waals surface area contributed by atoms with Crippen molar-refractivity contribution < 1.29 is 14.3 Å². The van der Waals surface area contributed by atoms with Gasteiger partial charge in [-0.05, 0) is 31.0 Å². The summed E-state index contributed by atoms with van der Waals surface area (Å²) in [6.07, 6.45) is 4.42. The lowest BCUT2D eigenvalue weighted by Gasteiger charge is -2.38. The molecule has 1 unspecified atom stereocenters. The highest BCUT2D eigenvalue weighted by molar-refractivity contribution is 6.38. The number of benzene rings is 1. The van der Waals surface area contributed by atoms with Crippen molar-refractivity contribution >= 4 is 28.4 Å². The summed E-state index contributed by atoms with van der Waals surface area (Å²) in [7, 11) is 0. The van der Waals surface area contributed by atoms with Gasteiger partial charge in [-0.15, -0.1) is 5.10 Å². The van der Waals surface area contributed by atoms with Crippen LogP contribution < -0.4 is 0 Å². The van der Waals surface area contributed by atoms with Gasteiger partial charge in [-0.25, -0.2) is 9.07 Å². The van der Waals surface area contributed by atoms with Crippen molar-refractivity contribution in [2.24, 2.45) is 0 Å². The number of H-pyrrole nitrogens is 1. The average molecular weight is 378 g/mol. The van der Waals surface area contributed by atoms with E-state index in [4.69, 9.17) is 11.6 Å². The molecule has 9 heteroatoms. The number of nitrogens with zero attached hydrogens (tertiary/aromatic N) is 4. The van der Waals surface area contributed by atoms with Crippen LogP contribution >= 0.6 is 11.6 Å². The summed E-state index contributed by atoms with van der Waals surface area (Å²) >= 11 is 6.30. The Kier molecular flexibility index (Phi) is 4.16. The number of hydrogen-bond acceptors (Lipinski definition) is 4. The minimum absolute atomic E-state index is 0.158. The molecule has 1 saturated heterocycles. The number of aliphatic hydroxyl groups is 1. The number of rotatable bonds is 3. The lowest BCUT2D eigenvalue weighted by molar-refractivity contribution is -0.0388. The molecule has 0 bridgehead atoms. The van der Waals surface area contributed by atoms with Crippen molar-refractivity contribution in [3.8, 4) is 0 Å². The smallest absolute Gasteiger partial charge is 0.271 e. The van der Waals surface area contributed by atoms with E-state index in [1.165, 1.54) is 12.1 Å². The van der Waals surface area contributed by atoms with Gasteiger partial charge in [0.2, 0.25) is 0 Å². The third-order valence-electron chi connectivity index (χ3n) is 4.68. The highest BCUT2D eigenvalue weighted by Crippen LogP contribution is 2.31. The van der Waals surface area contributed by atoms with Crippen molar-refractivity contribution in [3.63, 3.8) is 0 Å². The van der Waals surface area contributed by atoms with Crippen LogP contribution in [0.25, 0.3) is 10.9 Å². The van der Waals surface area contributed by atoms with Gasteiger partial charge < -0.3 is 15.0 Å². The van der Waals surface area contributed by atoms with Crippen LogP contribution in [0.5, 0.6) is 0 Å². The van der Waals surface area contributed by atoms with E-state index in [9.17, 15) is 14.3 Å². The first kappa shape index (κ1) is 17.0. The molecule has 2 aromatic heterocycles. The predicted molar refractivity (Wildman–Crippen MR) is 93.4 cm³/mol. The summed E-state index contributed by atoms with van der Waals surface area (Å²) in [4.78, 5) is 17.5. The normalized spacial score (nSPS) is 20.7. The van der Waals surface area contributed by atoms with Crippen LogP contribution in [0.3, 0.4) is 0 Å². The molecule has 1 atom stereocenters. The van der Waals surface area contributed by atoms with Gasteiger partial charge in [0.1, 0.15) is 17.1 Å². The number of likely N-dealkylation sites (tertiary alicyclic amines) is 1. The Labute approximate surface area is 153 Å². The molecule has 1 aromatic carbocycles. The summed E-state index contributed by atoms with van der Waals surface area (Å²) < 4.78 is 15.0. The first-order chi connectivity index (χ1) is 12.5. The van der Waals surface area contributed by atoms with Crippen LogP contribution in [0.1, 0.15) is 23.3 Å². The Morgan fingerprint density at radius 3 is 3.08 bits per heavy atom. The van der Waals surface area contributed by atoms with Gasteiger partial charge in [0.15, 0.2) is 0 Å². The van der Waals surface area contributed by atoms with Crippen molar-refractivity contribution in [3.05, 3.63) is 47.1 Å². The number of aromatic nitrogens is 4. The number of halogens is 2. The van der Waals surface area contributed by atoms with Crippen molar-refractivity contribution in [1.29, 1.82) is 0 Å². The summed E-state index contributed by atoms with van der Waals surface area (Å²) in [5, 5.41) is 19.1. The number of aromatic amines is 1. The number of fused-ring (bicyclic) bond motifs is 1. The quantitative estimate of drug-likeness (QED) is 0.732. The number of carbonyl (C=O) groups is 1. The molecular weight excluding hydrogens is 361 g/mol. The molecule has 0 saturated carbocycles. The minimum Gasteiger partial charge on any atom is -0.386 e. The minimum atomic E-state index is -1.09. The fraction of sp³-hybridized carbons (Fsp3) is 0.353. The second-order valence-corrected chi connectivity index (χ2v) is 7.04. The maximum Gasteiger partial charge on any atom is 0.271 e. The van der Waals surface area contributed by atoms with Gasteiger partial charge in [0, 0.05) is 23.6 Å². The van der Waals surface area contributed by atoms with E-state index in [-0.39, 0.29) is 29.7 Å². The Morgan fingerprint density at radius 1 is 1.46 bits per heavy atom. The number of hydrogen-bond donors (Lipinski definition) is 2. The van der Waals surface area contributed by atoms with Crippen LogP contribution in [0.15, 0.2) is 30.6 Å². The molecule has 2 N–H and O–H groups in total. The van der Waals surface area contributed by atoms with Crippen LogP contribution in [-0.2, 0) is 6.54 Å². The molecule has 1 aliphatic heterocycles. The predicted octanol–water partition coefficient (Wildman–Crippen LogP) is 2.22. The average Bonchev–Trinajstić information content (AvgIpc) is 3.22. The second-order valence-electron chi connectivity index (χ2n) is 6.66. The van der Waals surface area contributed by atoms with Crippen molar-refractivity contribution in [2.75, 3.05) is 13.1 Å². The van der Waals surface area contributed by atoms with Gasteiger partial charge in [-0.3, -0.25) is 4.79 Å². The lowest BCUT2D eigenvalue weighted by Crippen LogP contribution is -2.52. The monoisotopic (exact) mass is 377 g/mol. The van der Waals surface area contributed by atoms with E-state index in [0.29, 0.717) is 30.3 Å². The Balaban J connectivity index is 1.59. The molecule has 0 aliphatic carbocycles. The molecule has 4 rings (SSSR count). The zero-order chi connectivity index (χ0) is 18.3. The number of piperidine rings is 1. The first-order valence-electron chi connectivity index (χ1n) is 8.28. The van der Waals surface area contributed by atoms with E-state index in [2.05, 4.69) is 15.3 Å². The molecule has 3 aromatic rings. The van der Waals surface area contributed by atoms with E-state index < -0.39 is 11.4 Å². The van der Waals surface area contributed by atoms with Crippen LogP contribution in [-0.4, -0.2) is 54.6 Å². The van der Waals surface area contributed by atoms with Crippen LogP contribution in [0, 0.1) is 5.82 Å². The zero-order valence-electron chi connectivity index (χ0n) is 13.8. The number of nitrogens with one attached hydrogen (secondary N) is 1. The molecule has 136 valence electrons. The van der Waals surface area contributed by atoms with Gasteiger partial charge in [0.05, 0.1) is 24.3 Å². The van der Waals surface area contributed by atoms with E-state index in [1.807, 2.05) is 0 Å². The number of β-amino-alcohol motifs (C(OH)–C–C–N with tert-alkyl or cyclic N) is 1. The Bertz CT molecular complexity index is 958. The fourth-order valence-corrected chi connectivity index (χ4v) is 3.75. The van der Waals surface area contributed by atoms with Crippen molar-refractivity contribution in [2.45, 2.75) is 25.0 Å². The number of amides is 1. The van der Waals surface area contributed by atoms with Gasteiger partial charge in [0.25, 0.3) is 5.91 Å². The molecule has 3 heterocycles. The summed E-state index contributed by atoms with van der Waals surface area (Å²) in [6, 6.07) is 4.15. The van der Waals surface area contributed by atoms with Crippen molar-refractivity contribution in [1.82, 2.24) is 24.9 Å². The second kappa shape index (κ2) is 6.37. The largest absolute Gasteiger partial charge is 0.386 e. The molecule has 26 heavy (non-hydrogen) atoms. The van der Waals surface area contributed by atoms with Gasteiger partial charge in [-0.1, -0.05) is 16.8 Å². The van der Waals surface area contributed by atoms with E-state index in [1.54, 1.807) is 28.0 Å². The topological polar surface area (TPSA) is 87.0 Å². The maximum atomic E-state index is 13.4. The number of carbonyl (C=O) groups excluding carboxylic acids is 1.